The number of hydrogen-bond acceptors (Lipinski definition) is 4. The van der Waals surface area contributed by atoms with Crippen LogP contribution in [0.2, 0.25) is 0 Å². The molecule has 3 rings (SSSR count). The van der Waals surface area contributed by atoms with Gasteiger partial charge in [-0.3, -0.25) is 0 Å². The van der Waals surface area contributed by atoms with Gasteiger partial charge >= 0.3 is 0 Å². The second-order valence-electron chi connectivity index (χ2n) is 5.29. The van der Waals surface area contributed by atoms with E-state index in [1.165, 1.54) is 6.42 Å². The van der Waals surface area contributed by atoms with Gasteiger partial charge in [-0.05, 0) is 55.1 Å². The largest absolute Gasteiger partial charge is 0.474 e. The van der Waals surface area contributed by atoms with Gasteiger partial charge in [0.15, 0.2) is 5.65 Å². The van der Waals surface area contributed by atoms with Gasteiger partial charge in [0.25, 0.3) is 0 Å². The van der Waals surface area contributed by atoms with E-state index in [2.05, 4.69) is 26.0 Å². The highest BCUT2D eigenvalue weighted by Gasteiger charge is 2.18. The fraction of sp³-hybridized carbons (Fsp3) is 0.571. The first-order chi connectivity index (χ1) is 9.63. The van der Waals surface area contributed by atoms with Crippen LogP contribution in [-0.2, 0) is 4.74 Å². The van der Waals surface area contributed by atoms with E-state index in [1.807, 2.05) is 30.8 Å². The van der Waals surface area contributed by atoms with Gasteiger partial charge in [0.1, 0.15) is 6.23 Å². The maximum absolute atomic E-state index is 5.75. The lowest BCUT2D eigenvalue weighted by molar-refractivity contribution is -0.0391. The minimum Gasteiger partial charge on any atom is -0.474 e. The van der Waals surface area contributed by atoms with Gasteiger partial charge in [0.2, 0.25) is 5.88 Å². The average Bonchev–Trinajstić information content (AvgIpc) is 2.82. The van der Waals surface area contributed by atoms with Gasteiger partial charge in [-0.1, -0.05) is 0 Å². The molecule has 0 saturated carbocycles. The molecule has 1 saturated heterocycles. The first-order valence-electron chi connectivity index (χ1n) is 6.97. The summed E-state index contributed by atoms with van der Waals surface area (Å²) in [6.07, 6.45) is 5.42. The second kappa shape index (κ2) is 5.69. The van der Waals surface area contributed by atoms with Gasteiger partial charge in [0.05, 0.1) is 10.6 Å². The lowest BCUT2D eigenvalue weighted by Crippen LogP contribution is -2.18. The molecule has 0 spiro atoms. The van der Waals surface area contributed by atoms with Gasteiger partial charge in [0, 0.05) is 18.2 Å². The van der Waals surface area contributed by atoms with Crippen molar-refractivity contribution in [3.05, 3.63) is 16.7 Å². The van der Waals surface area contributed by atoms with Crippen molar-refractivity contribution in [1.82, 2.24) is 14.8 Å². The minimum absolute atomic E-state index is 0.0335. The van der Waals surface area contributed by atoms with Crippen LogP contribution in [0.4, 0.5) is 0 Å². The molecule has 3 heterocycles. The summed E-state index contributed by atoms with van der Waals surface area (Å²) in [7, 11) is 0. The van der Waals surface area contributed by atoms with Crippen molar-refractivity contribution in [2.24, 2.45) is 0 Å². The molecule has 0 amide bonds. The van der Waals surface area contributed by atoms with Crippen LogP contribution in [0.1, 0.15) is 39.3 Å². The van der Waals surface area contributed by atoms with Crippen molar-refractivity contribution in [2.75, 3.05) is 6.61 Å². The number of pyridine rings is 1. The van der Waals surface area contributed by atoms with Gasteiger partial charge in [-0.25, -0.2) is 4.68 Å². The van der Waals surface area contributed by atoms with Gasteiger partial charge in [-0.15, -0.1) is 5.10 Å². The number of ether oxygens (including phenoxy) is 2. The Balaban J connectivity index is 1.93. The van der Waals surface area contributed by atoms with Crippen LogP contribution in [0.25, 0.3) is 11.0 Å². The molecule has 1 fully saturated rings. The monoisotopic (exact) mass is 339 g/mol. The molecule has 1 unspecified atom stereocenters. The standard InChI is InChI=1S/C14H18BrN3O2/c1-9(2)20-14-11(15)7-10-8-18(17-13(10)16-14)12-5-3-4-6-19-12/h7-9,12H,3-6H2,1-2H3. The van der Waals surface area contributed by atoms with Gasteiger partial charge < -0.3 is 9.47 Å². The van der Waals surface area contributed by atoms with E-state index < -0.39 is 0 Å². The van der Waals surface area contributed by atoms with E-state index in [0.717, 1.165) is 29.3 Å². The van der Waals surface area contributed by atoms with Crippen molar-refractivity contribution in [3.63, 3.8) is 0 Å². The van der Waals surface area contributed by atoms with Crippen LogP contribution < -0.4 is 4.74 Å². The Labute approximate surface area is 126 Å². The summed E-state index contributed by atoms with van der Waals surface area (Å²) in [6, 6.07) is 1.99. The topological polar surface area (TPSA) is 49.2 Å². The van der Waals surface area contributed by atoms with Crippen LogP contribution in [-0.4, -0.2) is 27.5 Å². The molecule has 0 aliphatic carbocycles. The molecule has 20 heavy (non-hydrogen) atoms. The predicted octanol–water partition coefficient (Wildman–Crippen LogP) is 3.68. The lowest BCUT2D eigenvalue weighted by Gasteiger charge is -2.22. The molecule has 1 aliphatic rings. The van der Waals surface area contributed by atoms with E-state index in [9.17, 15) is 0 Å². The molecule has 6 heteroatoms. The fourth-order valence-corrected chi connectivity index (χ4v) is 2.75. The summed E-state index contributed by atoms with van der Waals surface area (Å²) in [5, 5.41) is 5.51. The molecule has 1 aliphatic heterocycles. The molecule has 108 valence electrons. The number of rotatable bonds is 3. The maximum atomic E-state index is 5.75. The summed E-state index contributed by atoms with van der Waals surface area (Å²) < 4.78 is 14.1. The Bertz CT molecular complexity index is 606. The Kier molecular flexibility index (Phi) is 3.94. The van der Waals surface area contributed by atoms with Crippen LogP contribution in [0, 0.1) is 0 Å². The molecule has 2 aromatic heterocycles. The molecular weight excluding hydrogens is 322 g/mol. The SMILES string of the molecule is CC(C)Oc1nc2nn(C3CCCCO3)cc2cc1Br. The predicted molar refractivity (Wildman–Crippen MR) is 79.8 cm³/mol. The summed E-state index contributed by atoms with van der Waals surface area (Å²) in [5.41, 5.74) is 0.693. The fourth-order valence-electron chi connectivity index (χ4n) is 2.32. The normalized spacial score (nSPS) is 19.7. The third-order valence-corrected chi connectivity index (χ3v) is 3.80. The number of hydrogen-bond donors (Lipinski definition) is 0. The highest BCUT2D eigenvalue weighted by atomic mass is 79.9. The maximum Gasteiger partial charge on any atom is 0.230 e. The zero-order valence-corrected chi connectivity index (χ0v) is 13.3. The number of nitrogens with zero attached hydrogens (tertiary/aromatic N) is 3. The van der Waals surface area contributed by atoms with Crippen molar-refractivity contribution in [2.45, 2.75) is 45.4 Å². The van der Waals surface area contributed by atoms with Crippen molar-refractivity contribution in [3.8, 4) is 5.88 Å². The highest BCUT2D eigenvalue weighted by Crippen LogP contribution is 2.29. The summed E-state index contributed by atoms with van der Waals surface area (Å²) in [5.74, 6) is 0.585. The Morgan fingerprint density at radius 3 is 3.00 bits per heavy atom. The summed E-state index contributed by atoms with van der Waals surface area (Å²) in [6.45, 7) is 4.76. The second-order valence-corrected chi connectivity index (χ2v) is 6.14. The molecule has 2 aromatic rings. The smallest absolute Gasteiger partial charge is 0.230 e. The van der Waals surface area contributed by atoms with E-state index in [-0.39, 0.29) is 12.3 Å². The molecule has 0 bridgehead atoms. The molecule has 5 nitrogen and oxygen atoms in total. The first kappa shape index (κ1) is 13.8. The summed E-state index contributed by atoms with van der Waals surface area (Å²) >= 11 is 3.50. The number of halogens is 1. The zero-order valence-electron chi connectivity index (χ0n) is 11.7. The van der Waals surface area contributed by atoms with Gasteiger partial charge in [-0.2, -0.15) is 4.98 Å². The van der Waals surface area contributed by atoms with E-state index >= 15 is 0 Å². The third kappa shape index (κ3) is 2.81. The minimum atomic E-state index is 0.0335. The zero-order chi connectivity index (χ0) is 14.1. The number of aromatic nitrogens is 3. The molecule has 1 atom stereocenters. The van der Waals surface area contributed by atoms with Crippen LogP contribution >= 0.6 is 15.9 Å². The van der Waals surface area contributed by atoms with Crippen molar-refractivity contribution >= 4 is 27.0 Å². The van der Waals surface area contributed by atoms with Crippen LogP contribution in [0.5, 0.6) is 5.88 Å². The van der Waals surface area contributed by atoms with Crippen LogP contribution in [0.3, 0.4) is 0 Å². The Hall–Kier alpha value is -1.14. The molecular formula is C14H18BrN3O2. The van der Waals surface area contributed by atoms with Crippen LogP contribution in [0.15, 0.2) is 16.7 Å². The highest BCUT2D eigenvalue weighted by molar-refractivity contribution is 9.10. The molecule has 0 aromatic carbocycles. The lowest BCUT2D eigenvalue weighted by atomic mass is 10.2. The van der Waals surface area contributed by atoms with E-state index in [4.69, 9.17) is 9.47 Å². The van der Waals surface area contributed by atoms with E-state index in [0.29, 0.717) is 11.5 Å². The quantitative estimate of drug-likeness (QED) is 0.855. The Morgan fingerprint density at radius 1 is 1.45 bits per heavy atom. The first-order valence-corrected chi connectivity index (χ1v) is 7.76. The summed E-state index contributed by atoms with van der Waals surface area (Å²) in [4.78, 5) is 4.47. The molecule has 0 radical (unpaired) electrons. The van der Waals surface area contributed by atoms with Crippen molar-refractivity contribution in [1.29, 1.82) is 0 Å². The average molecular weight is 340 g/mol. The molecule has 0 N–H and O–H groups in total. The number of fused-ring (bicyclic) bond motifs is 1. The van der Waals surface area contributed by atoms with Crippen molar-refractivity contribution < 1.29 is 9.47 Å². The Morgan fingerprint density at radius 2 is 2.30 bits per heavy atom. The third-order valence-electron chi connectivity index (χ3n) is 3.23. The van der Waals surface area contributed by atoms with E-state index in [1.54, 1.807) is 0 Å².